The zero-order chi connectivity index (χ0) is 14.1. The fraction of sp³-hybridized carbons (Fsp3) is 0.111. The lowest BCUT2D eigenvalue weighted by Gasteiger charge is -2.11. The van der Waals surface area contributed by atoms with Gasteiger partial charge in [0.1, 0.15) is 0 Å². The molecule has 0 spiro atoms. The highest BCUT2D eigenvalue weighted by Crippen LogP contribution is 2.36. The number of alkyl halides is 3. The van der Waals surface area contributed by atoms with Crippen LogP contribution in [0.25, 0.3) is 0 Å². The van der Waals surface area contributed by atoms with E-state index in [1.165, 1.54) is 0 Å². The van der Waals surface area contributed by atoms with Crippen molar-refractivity contribution in [1.29, 1.82) is 0 Å². The van der Waals surface area contributed by atoms with Gasteiger partial charge in [0, 0.05) is 17.5 Å². The number of benzene rings is 1. The number of nitro benzene ring substituents is 1. The minimum absolute atomic E-state index is 0.177. The molecular weight excluding hydrogens is 275 g/mol. The molecule has 0 aliphatic rings. The molecule has 0 saturated heterocycles. The zero-order valence-electron chi connectivity index (χ0n) is 8.64. The largest absolute Gasteiger partial charge is 0.417 e. The van der Waals surface area contributed by atoms with E-state index in [2.05, 4.69) is 6.58 Å². The molecule has 0 heterocycles. The van der Waals surface area contributed by atoms with E-state index in [9.17, 15) is 31.7 Å². The Morgan fingerprint density at radius 1 is 1.33 bits per heavy atom. The molecule has 0 bridgehead atoms. The van der Waals surface area contributed by atoms with Gasteiger partial charge in [0.15, 0.2) is 9.84 Å². The monoisotopic (exact) mass is 281 g/mol. The summed E-state index contributed by atoms with van der Waals surface area (Å²) in [6, 6.07) is 1.40. The van der Waals surface area contributed by atoms with E-state index in [-0.39, 0.29) is 6.07 Å². The average Bonchev–Trinajstić information content (AvgIpc) is 2.27. The van der Waals surface area contributed by atoms with Gasteiger partial charge < -0.3 is 0 Å². The van der Waals surface area contributed by atoms with Crippen molar-refractivity contribution in [2.45, 2.75) is 11.1 Å². The van der Waals surface area contributed by atoms with Gasteiger partial charge in [-0.2, -0.15) is 13.2 Å². The summed E-state index contributed by atoms with van der Waals surface area (Å²) < 4.78 is 60.6. The maximum Gasteiger partial charge on any atom is 0.417 e. The fourth-order valence-corrected chi connectivity index (χ4v) is 2.11. The van der Waals surface area contributed by atoms with Crippen LogP contribution in [0.5, 0.6) is 0 Å². The van der Waals surface area contributed by atoms with Crippen LogP contribution in [0.4, 0.5) is 18.9 Å². The van der Waals surface area contributed by atoms with Crippen LogP contribution in [0, 0.1) is 10.1 Å². The third kappa shape index (κ3) is 2.67. The van der Waals surface area contributed by atoms with Crippen molar-refractivity contribution in [3.8, 4) is 0 Å². The summed E-state index contributed by atoms with van der Waals surface area (Å²) in [6.07, 6.45) is -5.02. The molecular formula is C9H6F3NO4S. The van der Waals surface area contributed by atoms with E-state index in [1.807, 2.05) is 0 Å². The first-order chi connectivity index (χ1) is 8.09. The molecule has 18 heavy (non-hydrogen) atoms. The van der Waals surface area contributed by atoms with Gasteiger partial charge in [0.2, 0.25) is 0 Å². The summed E-state index contributed by atoms with van der Waals surface area (Å²) in [7, 11) is -4.33. The highest BCUT2D eigenvalue weighted by molar-refractivity contribution is 7.94. The molecule has 5 nitrogen and oxygen atoms in total. The maximum absolute atomic E-state index is 12.6. The number of rotatable bonds is 3. The smallest absolute Gasteiger partial charge is 0.258 e. The molecule has 0 aliphatic heterocycles. The Labute approximate surface area is 99.6 Å². The average molecular weight is 281 g/mol. The Bertz CT molecular complexity index is 607. The third-order valence-electron chi connectivity index (χ3n) is 2.01. The van der Waals surface area contributed by atoms with Gasteiger partial charge in [-0.15, -0.1) is 0 Å². The number of nitrogens with zero attached hydrogens (tertiary/aromatic N) is 1. The summed E-state index contributed by atoms with van der Waals surface area (Å²) >= 11 is 0. The van der Waals surface area contributed by atoms with E-state index in [4.69, 9.17) is 0 Å². The Morgan fingerprint density at radius 2 is 1.89 bits per heavy atom. The van der Waals surface area contributed by atoms with Crippen LogP contribution >= 0.6 is 0 Å². The molecule has 0 N–H and O–H groups in total. The molecule has 0 saturated carbocycles. The fourth-order valence-electron chi connectivity index (χ4n) is 1.19. The highest BCUT2D eigenvalue weighted by Gasteiger charge is 2.38. The molecule has 1 rings (SSSR count). The second-order valence-electron chi connectivity index (χ2n) is 3.15. The van der Waals surface area contributed by atoms with E-state index in [0.29, 0.717) is 17.5 Å². The highest BCUT2D eigenvalue weighted by atomic mass is 32.2. The van der Waals surface area contributed by atoms with Gasteiger partial charge in [-0.1, -0.05) is 6.58 Å². The van der Waals surface area contributed by atoms with Crippen molar-refractivity contribution in [2.24, 2.45) is 0 Å². The Balaban J connectivity index is 3.65. The SMILES string of the molecule is C=CS(=O)(=O)c1ccc([N+](=O)[O-])cc1C(F)(F)F. The van der Waals surface area contributed by atoms with Gasteiger partial charge in [-0.25, -0.2) is 8.42 Å². The van der Waals surface area contributed by atoms with E-state index in [0.717, 1.165) is 0 Å². The maximum atomic E-state index is 12.6. The molecule has 1 aromatic carbocycles. The van der Waals surface area contributed by atoms with Crippen molar-refractivity contribution < 1.29 is 26.5 Å². The lowest BCUT2D eigenvalue weighted by Crippen LogP contribution is -2.12. The van der Waals surface area contributed by atoms with Crippen LogP contribution in [-0.4, -0.2) is 13.3 Å². The molecule has 0 amide bonds. The number of halogens is 3. The van der Waals surface area contributed by atoms with Gasteiger partial charge >= 0.3 is 6.18 Å². The molecule has 0 unspecified atom stereocenters. The summed E-state index contributed by atoms with van der Waals surface area (Å²) in [4.78, 5) is 8.28. The van der Waals surface area contributed by atoms with Crippen molar-refractivity contribution in [2.75, 3.05) is 0 Å². The standard InChI is InChI=1S/C9H6F3NO4S/c1-2-18(16,17)8-4-3-6(13(14)15)5-7(8)9(10,11)12/h2-5H,1H2. The number of non-ortho nitro benzene ring substituents is 1. The quantitative estimate of drug-likeness (QED) is 0.630. The van der Waals surface area contributed by atoms with Crippen molar-refractivity contribution >= 4 is 15.5 Å². The first kappa shape index (κ1) is 14.2. The summed E-state index contributed by atoms with van der Waals surface area (Å²) in [5, 5.41) is 10.7. The predicted molar refractivity (Wildman–Crippen MR) is 55.5 cm³/mol. The van der Waals surface area contributed by atoms with Crippen molar-refractivity contribution in [3.63, 3.8) is 0 Å². The van der Waals surface area contributed by atoms with E-state index in [1.54, 1.807) is 0 Å². The molecule has 0 radical (unpaired) electrons. The van der Waals surface area contributed by atoms with Crippen molar-refractivity contribution in [3.05, 3.63) is 45.9 Å². The summed E-state index contributed by atoms with van der Waals surface area (Å²) in [5.41, 5.74) is -2.43. The van der Waals surface area contributed by atoms with Gasteiger partial charge in [0.25, 0.3) is 5.69 Å². The molecule has 0 aliphatic carbocycles. The van der Waals surface area contributed by atoms with Crippen LogP contribution in [0.15, 0.2) is 35.1 Å². The Morgan fingerprint density at radius 3 is 2.28 bits per heavy atom. The molecule has 98 valence electrons. The number of hydrogen-bond donors (Lipinski definition) is 0. The zero-order valence-corrected chi connectivity index (χ0v) is 9.46. The van der Waals surface area contributed by atoms with Crippen molar-refractivity contribution in [1.82, 2.24) is 0 Å². The number of nitro groups is 1. The number of hydrogen-bond acceptors (Lipinski definition) is 4. The molecule has 9 heteroatoms. The van der Waals surface area contributed by atoms with E-state index >= 15 is 0 Å². The van der Waals surface area contributed by atoms with Crippen LogP contribution < -0.4 is 0 Å². The molecule has 0 atom stereocenters. The minimum Gasteiger partial charge on any atom is -0.258 e. The predicted octanol–water partition coefficient (Wildman–Crippen LogP) is 2.53. The Hall–Kier alpha value is -1.90. The van der Waals surface area contributed by atoms with Crippen LogP contribution in [0.1, 0.15) is 5.56 Å². The van der Waals surface area contributed by atoms with Gasteiger partial charge in [0.05, 0.1) is 15.4 Å². The lowest BCUT2D eigenvalue weighted by atomic mass is 10.2. The first-order valence-electron chi connectivity index (χ1n) is 4.33. The number of sulfone groups is 1. The topological polar surface area (TPSA) is 77.3 Å². The minimum atomic E-state index is -5.02. The van der Waals surface area contributed by atoms with Crippen LogP contribution in [0.2, 0.25) is 0 Å². The first-order valence-corrected chi connectivity index (χ1v) is 5.87. The third-order valence-corrected chi connectivity index (χ3v) is 3.41. The van der Waals surface area contributed by atoms with Gasteiger partial charge in [-0.05, 0) is 6.07 Å². The van der Waals surface area contributed by atoms with Crippen LogP contribution in [0.3, 0.4) is 0 Å². The second-order valence-corrected chi connectivity index (χ2v) is 5.01. The second kappa shape index (κ2) is 4.41. The van der Waals surface area contributed by atoms with E-state index < -0.39 is 37.1 Å². The summed E-state index contributed by atoms with van der Waals surface area (Å²) in [6.45, 7) is 2.90. The molecule has 0 aromatic heterocycles. The Kier molecular flexibility index (Phi) is 3.47. The summed E-state index contributed by atoms with van der Waals surface area (Å²) in [5.74, 6) is 0. The lowest BCUT2D eigenvalue weighted by molar-refractivity contribution is -0.385. The molecule has 1 aromatic rings. The van der Waals surface area contributed by atoms with Crippen LogP contribution in [-0.2, 0) is 16.0 Å². The van der Waals surface area contributed by atoms with Gasteiger partial charge in [-0.3, -0.25) is 10.1 Å². The normalized spacial score (nSPS) is 12.2. The molecule has 0 fully saturated rings.